The number of aromatic nitrogens is 1. The van der Waals surface area contributed by atoms with Crippen molar-refractivity contribution in [3.05, 3.63) is 22.3 Å². The van der Waals surface area contributed by atoms with Crippen LogP contribution < -0.4 is 10.0 Å². The van der Waals surface area contributed by atoms with Gasteiger partial charge in [0, 0.05) is 30.3 Å². The van der Waals surface area contributed by atoms with Gasteiger partial charge in [0.15, 0.2) is 0 Å². The molecule has 2 N–H and O–H groups in total. The second-order valence-electron chi connectivity index (χ2n) is 5.33. The maximum Gasteiger partial charge on any atom is 0.302 e. The second kappa shape index (κ2) is 7.04. The van der Waals surface area contributed by atoms with Crippen LogP contribution in [0.2, 0.25) is 0 Å². The number of aryl methyl sites for hydroxylation is 1. The average Bonchev–Trinajstić information content (AvgIpc) is 3.22. The van der Waals surface area contributed by atoms with Crippen molar-refractivity contribution in [1.29, 1.82) is 0 Å². The van der Waals surface area contributed by atoms with E-state index in [4.69, 9.17) is 0 Å². The van der Waals surface area contributed by atoms with Gasteiger partial charge in [-0.15, -0.1) is 0 Å². The predicted molar refractivity (Wildman–Crippen MR) is 87.5 cm³/mol. The first-order valence-electron chi connectivity index (χ1n) is 6.98. The van der Waals surface area contributed by atoms with E-state index in [9.17, 15) is 8.42 Å². The molecule has 8 heteroatoms. The van der Waals surface area contributed by atoms with Gasteiger partial charge in [-0.3, -0.25) is 4.72 Å². The number of anilines is 1. The Bertz CT molecular complexity index is 590. The van der Waals surface area contributed by atoms with Crippen molar-refractivity contribution >= 4 is 32.0 Å². The van der Waals surface area contributed by atoms with E-state index in [1.807, 2.05) is 6.92 Å². The van der Waals surface area contributed by atoms with E-state index in [0.717, 1.165) is 23.0 Å². The Morgan fingerprint density at radius 3 is 2.81 bits per heavy atom. The van der Waals surface area contributed by atoms with E-state index in [2.05, 4.69) is 31.0 Å². The molecule has 118 valence electrons. The van der Waals surface area contributed by atoms with Crippen molar-refractivity contribution in [2.75, 3.05) is 24.9 Å². The summed E-state index contributed by atoms with van der Waals surface area (Å²) in [7, 11) is -1.98. The van der Waals surface area contributed by atoms with E-state index in [0.29, 0.717) is 18.4 Å². The number of rotatable bonds is 8. The molecule has 6 nitrogen and oxygen atoms in total. The normalized spacial score (nSPS) is 15.4. The van der Waals surface area contributed by atoms with Gasteiger partial charge in [-0.05, 0) is 60.3 Å². The molecular formula is C13H21BrN4O2S. The highest BCUT2D eigenvalue weighted by Gasteiger charge is 2.21. The zero-order chi connectivity index (χ0) is 15.5. The first-order valence-corrected chi connectivity index (χ1v) is 9.21. The molecule has 1 heterocycles. The van der Waals surface area contributed by atoms with Gasteiger partial charge in [0.2, 0.25) is 0 Å². The van der Waals surface area contributed by atoms with Gasteiger partial charge in [0.25, 0.3) is 0 Å². The van der Waals surface area contributed by atoms with Gasteiger partial charge in [-0.1, -0.05) is 0 Å². The Kier molecular flexibility index (Phi) is 5.59. The van der Waals surface area contributed by atoms with Gasteiger partial charge < -0.3 is 5.32 Å². The summed E-state index contributed by atoms with van der Waals surface area (Å²) in [5, 5.41) is 3.37. The van der Waals surface area contributed by atoms with Crippen LogP contribution in [0.25, 0.3) is 0 Å². The van der Waals surface area contributed by atoms with Crippen molar-refractivity contribution in [2.24, 2.45) is 0 Å². The zero-order valence-corrected chi connectivity index (χ0v) is 14.7. The lowest BCUT2D eigenvalue weighted by molar-refractivity contribution is 0.457. The van der Waals surface area contributed by atoms with Crippen molar-refractivity contribution in [3.63, 3.8) is 0 Å². The molecule has 0 bridgehead atoms. The summed E-state index contributed by atoms with van der Waals surface area (Å²) < 4.78 is 29.0. The maximum atomic E-state index is 12.2. The summed E-state index contributed by atoms with van der Waals surface area (Å²) in [5.41, 5.74) is 0.930. The van der Waals surface area contributed by atoms with Crippen molar-refractivity contribution in [2.45, 2.75) is 32.2 Å². The molecule has 0 unspecified atom stereocenters. The van der Waals surface area contributed by atoms with E-state index >= 15 is 0 Å². The molecule has 0 atom stereocenters. The summed E-state index contributed by atoms with van der Waals surface area (Å²) in [4.78, 5) is 4.06. The molecule has 0 radical (unpaired) electrons. The minimum Gasteiger partial charge on any atom is -0.314 e. The monoisotopic (exact) mass is 376 g/mol. The summed E-state index contributed by atoms with van der Waals surface area (Å²) in [5.74, 6) is 0.332. The molecule has 0 aromatic carbocycles. The first kappa shape index (κ1) is 16.7. The van der Waals surface area contributed by atoms with Gasteiger partial charge in [0.1, 0.15) is 5.82 Å². The Morgan fingerprint density at radius 2 is 2.19 bits per heavy atom. The van der Waals surface area contributed by atoms with E-state index in [1.54, 1.807) is 19.3 Å². The maximum absolute atomic E-state index is 12.2. The van der Waals surface area contributed by atoms with Crippen LogP contribution in [-0.2, 0) is 10.2 Å². The molecule has 1 aliphatic rings. The number of nitrogens with one attached hydrogen (secondary N) is 2. The molecule has 1 saturated carbocycles. The van der Waals surface area contributed by atoms with Gasteiger partial charge in [0.05, 0.1) is 0 Å². The van der Waals surface area contributed by atoms with Gasteiger partial charge in [-0.25, -0.2) is 4.98 Å². The standard InChI is InChI=1S/C13H21BrN4O2S/c1-10-8-13(16-9-12(10)14)17-21(19,20)18(2)7-3-6-15-11-4-5-11/h8-9,11,15H,3-7H2,1-2H3,(H,16,17). The molecular weight excluding hydrogens is 356 g/mol. The summed E-state index contributed by atoms with van der Waals surface area (Å²) in [6.07, 6.45) is 4.86. The fourth-order valence-corrected chi connectivity index (χ4v) is 2.94. The lowest BCUT2D eigenvalue weighted by Gasteiger charge is -2.18. The van der Waals surface area contributed by atoms with Crippen molar-refractivity contribution < 1.29 is 8.42 Å². The zero-order valence-electron chi connectivity index (χ0n) is 12.3. The minimum absolute atomic E-state index is 0.332. The smallest absolute Gasteiger partial charge is 0.302 e. The lowest BCUT2D eigenvalue weighted by atomic mass is 10.3. The number of nitrogens with zero attached hydrogens (tertiary/aromatic N) is 2. The first-order chi connectivity index (χ1) is 9.88. The molecule has 0 aliphatic heterocycles. The minimum atomic E-state index is -3.55. The summed E-state index contributed by atoms with van der Waals surface area (Å²) >= 11 is 3.34. The largest absolute Gasteiger partial charge is 0.314 e. The highest BCUT2D eigenvalue weighted by atomic mass is 79.9. The van der Waals surface area contributed by atoms with Crippen molar-refractivity contribution in [1.82, 2.24) is 14.6 Å². The van der Waals surface area contributed by atoms with Crippen molar-refractivity contribution in [3.8, 4) is 0 Å². The van der Waals surface area contributed by atoms with E-state index in [-0.39, 0.29) is 0 Å². The van der Waals surface area contributed by atoms with Crippen LogP contribution in [-0.4, -0.2) is 43.9 Å². The number of hydrogen-bond acceptors (Lipinski definition) is 4. The highest BCUT2D eigenvalue weighted by molar-refractivity contribution is 9.10. The Hall–Kier alpha value is -0.700. The van der Waals surface area contributed by atoms with Crippen LogP contribution in [0, 0.1) is 6.92 Å². The topological polar surface area (TPSA) is 74.3 Å². The SMILES string of the molecule is Cc1cc(NS(=O)(=O)N(C)CCCNC2CC2)ncc1Br. The molecule has 0 spiro atoms. The molecule has 1 aromatic heterocycles. The van der Waals surface area contributed by atoms with E-state index in [1.165, 1.54) is 17.1 Å². The van der Waals surface area contributed by atoms with Crippen LogP contribution in [0.1, 0.15) is 24.8 Å². The van der Waals surface area contributed by atoms with Crippen LogP contribution in [0.15, 0.2) is 16.7 Å². The molecule has 2 rings (SSSR count). The lowest BCUT2D eigenvalue weighted by Crippen LogP contribution is -2.35. The predicted octanol–water partition coefficient (Wildman–Crippen LogP) is 1.88. The molecule has 1 fully saturated rings. The number of pyridine rings is 1. The molecule has 0 amide bonds. The van der Waals surface area contributed by atoms with Crippen LogP contribution in [0.4, 0.5) is 5.82 Å². The van der Waals surface area contributed by atoms with Crippen LogP contribution >= 0.6 is 15.9 Å². The third kappa shape index (κ3) is 5.21. The summed E-state index contributed by atoms with van der Waals surface area (Å²) in [6, 6.07) is 2.35. The fraction of sp³-hybridized carbons (Fsp3) is 0.615. The molecule has 1 aromatic rings. The quantitative estimate of drug-likeness (QED) is 0.679. The van der Waals surface area contributed by atoms with Crippen LogP contribution in [0.3, 0.4) is 0 Å². The molecule has 0 saturated heterocycles. The fourth-order valence-electron chi connectivity index (χ4n) is 1.82. The summed E-state index contributed by atoms with van der Waals surface area (Å²) in [6.45, 7) is 3.21. The number of halogens is 1. The molecule has 21 heavy (non-hydrogen) atoms. The van der Waals surface area contributed by atoms with Crippen LogP contribution in [0.5, 0.6) is 0 Å². The molecule has 1 aliphatic carbocycles. The Labute approximate surface area is 134 Å². The highest BCUT2D eigenvalue weighted by Crippen LogP contribution is 2.19. The van der Waals surface area contributed by atoms with Gasteiger partial charge in [-0.2, -0.15) is 12.7 Å². The Balaban J connectivity index is 1.85. The number of hydrogen-bond donors (Lipinski definition) is 2. The van der Waals surface area contributed by atoms with Gasteiger partial charge >= 0.3 is 10.2 Å². The third-order valence-corrected chi connectivity index (χ3v) is 5.65. The Morgan fingerprint density at radius 1 is 1.48 bits per heavy atom. The van der Waals surface area contributed by atoms with E-state index < -0.39 is 10.2 Å². The second-order valence-corrected chi connectivity index (χ2v) is 7.96. The average molecular weight is 377 g/mol. The third-order valence-electron chi connectivity index (χ3n) is 3.35.